The highest BCUT2D eigenvalue weighted by Crippen LogP contribution is 2.64. The minimum absolute atomic E-state index is 0.0760. The van der Waals surface area contributed by atoms with Crippen molar-refractivity contribution in [2.75, 3.05) is 13.6 Å². The Morgan fingerprint density at radius 1 is 1.32 bits per heavy atom. The van der Waals surface area contributed by atoms with E-state index in [9.17, 15) is 4.79 Å². The van der Waals surface area contributed by atoms with Gasteiger partial charge in [-0.2, -0.15) is 0 Å². The maximum absolute atomic E-state index is 12.4. The molecule has 0 bridgehead atoms. The number of rotatable bonds is 5. The number of H-pyrrole nitrogens is 1. The number of likely N-dealkylation sites (N-methyl/N-ethyl adjacent to an activating group) is 1. The third kappa shape index (κ3) is 2.54. The van der Waals surface area contributed by atoms with E-state index < -0.39 is 0 Å². The van der Waals surface area contributed by atoms with E-state index in [4.69, 9.17) is 0 Å². The SMILES string of the molecule is CN(CC1(c2ccccc2)CC1(C)C)C(=O)Cc1cnc[nH]1. The second-order valence-electron chi connectivity index (χ2n) is 7.01. The number of carbonyl (C=O) groups excluding carboxylic acids is 1. The fourth-order valence-corrected chi connectivity index (χ4v) is 3.49. The molecule has 1 saturated carbocycles. The molecule has 116 valence electrons. The molecule has 0 aliphatic heterocycles. The number of nitrogens with one attached hydrogen (secondary N) is 1. The van der Waals surface area contributed by atoms with Gasteiger partial charge < -0.3 is 9.88 Å². The van der Waals surface area contributed by atoms with Gasteiger partial charge in [-0.3, -0.25) is 4.79 Å². The molecule has 2 aromatic rings. The van der Waals surface area contributed by atoms with Crippen LogP contribution in [0.1, 0.15) is 31.5 Å². The van der Waals surface area contributed by atoms with Gasteiger partial charge in [0.1, 0.15) is 0 Å². The number of hydrogen-bond donors (Lipinski definition) is 1. The van der Waals surface area contributed by atoms with E-state index in [1.807, 2.05) is 18.0 Å². The zero-order chi connectivity index (χ0) is 15.8. The third-order valence-corrected chi connectivity index (χ3v) is 5.07. The number of nitrogens with zero attached hydrogens (tertiary/aromatic N) is 2. The van der Waals surface area contributed by atoms with Crippen LogP contribution in [0.5, 0.6) is 0 Å². The number of benzene rings is 1. The first-order valence-corrected chi connectivity index (χ1v) is 7.71. The maximum Gasteiger partial charge on any atom is 0.228 e. The summed E-state index contributed by atoms with van der Waals surface area (Å²) in [6, 6.07) is 10.6. The summed E-state index contributed by atoms with van der Waals surface area (Å²) < 4.78 is 0. The van der Waals surface area contributed by atoms with Crippen LogP contribution in [0.25, 0.3) is 0 Å². The molecule has 22 heavy (non-hydrogen) atoms. The molecular formula is C18H23N3O. The van der Waals surface area contributed by atoms with Crippen LogP contribution in [-0.4, -0.2) is 34.4 Å². The molecule has 1 unspecified atom stereocenters. The van der Waals surface area contributed by atoms with E-state index in [2.05, 4.69) is 48.1 Å². The Bertz CT molecular complexity index is 648. The molecule has 1 aliphatic carbocycles. The first-order valence-electron chi connectivity index (χ1n) is 7.71. The molecule has 4 heteroatoms. The topological polar surface area (TPSA) is 49.0 Å². The van der Waals surface area contributed by atoms with Crippen LogP contribution in [0.2, 0.25) is 0 Å². The lowest BCUT2D eigenvalue weighted by molar-refractivity contribution is -0.129. The molecule has 1 fully saturated rings. The van der Waals surface area contributed by atoms with Gasteiger partial charge in [-0.25, -0.2) is 4.98 Å². The van der Waals surface area contributed by atoms with Gasteiger partial charge in [0.15, 0.2) is 0 Å². The molecule has 1 aliphatic rings. The molecule has 0 spiro atoms. The van der Waals surface area contributed by atoms with Crippen LogP contribution in [0.3, 0.4) is 0 Å². The van der Waals surface area contributed by atoms with Crippen molar-refractivity contribution in [2.24, 2.45) is 5.41 Å². The van der Waals surface area contributed by atoms with Gasteiger partial charge in [0.2, 0.25) is 5.91 Å². The number of carbonyl (C=O) groups is 1. The first kappa shape index (κ1) is 14.8. The monoisotopic (exact) mass is 297 g/mol. The van der Waals surface area contributed by atoms with Crippen molar-refractivity contribution in [3.63, 3.8) is 0 Å². The van der Waals surface area contributed by atoms with E-state index in [1.165, 1.54) is 5.56 Å². The fraction of sp³-hybridized carbons (Fsp3) is 0.444. The van der Waals surface area contributed by atoms with E-state index >= 15 is 0 Å². The average molecular weight is 297 g/mol. The Kier molecular flexibility index (Phi) is 3.55. The molecule has 0 saturated heterocycles. The van der Waals surface area contributed by atoms with Gasteiger partial charge in [0.05, 0.1) is 12.7 Å². The van der Waals surface area contributed by atoms with Crippen molar-refractivity contribution in [3.8, 4) is 0 Å². The van der Waals surface area contributed by atoms with E-state index in [0.717, 1.165) is 18.7 Å². The van der Waals surface area contributed by atoms with Gasteiger partial charge in [-0.1, -0.05) is 44.2 Å². The summed E-state index contributed by atoms with van der Waals surface area (Å²) in [6.45, 7) is 5.33. The standard InChI is InChI=1S/C18H23N3O/c1-17(2)11-18(17,14-7-5-4-6-8-14)12-21(3)16(22)9-15-10-19-13-20-15/h4-8,10,13H,9,11-12H2,1-3H3,(H,19,20). The number of hydrogen-bond acceptors (Lipinski definition) is 2. The number of imidazole rings is 1. The molecule has 1 aromatic heterocycles. The average Bonchev–Trinajstić information content (AvgIpc) is 2.86. The molecular weight excluding hydrogens is 274 g/mol. The van der Waals surface area contributed by atoms with Gasteiger partial charge in [0, 0.05) is 30.9 Å². The minimum atomic E-state index is 0.0760. The second-order valence-corrected chi connectivity index (χ2v) is 7.01. The van der Waals surface area contributed by atoms with E-state index in [1.54, 1.807) is 12.5 Å². The van der Waals surface area contributed by atoms with E-state index in [-0.39, 0.29) is 16.7 Å². The normalized spacial score (nSPS) is 22.3. The summed E-state index contributed by atoms with van der Waals surface area (Å²) in [4.78, 5) is 21.3. The molecule has 1 atom stereocenters. The molecule has 1 N–H and O–H groups in total. The summed E-state index contributed by atoms with van der Waals surface area (Å²) >= 11 is 0. The lowest BCUT2D eigenvalue weighted by Gasteiger charge is -2.27. The third-order valence-electron chi connectivity index (χ3n) is 5.07. The Labute approximate surface area is 131 Å². The Morgan fingerprint density at radius 2 is 2.00 bits per heavy atom. The predicted octanol–water partition coefficient (Wildman–Crippen LogP) is 2.78. The van der Waals surface area contributed by atoms with Crippen molar-refractivity contribution in [1.29, 1.82) is 0 Å². The lowest BCUT2D eigenvalue weighted by atomic mass is 9.87. The van der Waals surface area contributed by atoms with Crippen LogP contribution < -0.4 is 0 Å². The summed E-state index contributed by atoms with van der Waals surface area (Å²) in [5, 5.41) is 0. The van der Waals surface area contributed by atoms with Crippen LogP contribution >= 0.6 is 0 Å². The summed E-state index contributed by atoms with van der Waals surface area (Å²) in [5.74, 6) is 0.127. The predicted molar refractivity (Wildman–Crippen MR) is 86.4 cm³/mol. The highest BCUT2D eigenvalue weighted by atomic mass is 16.2. The van der Waals surface area contributed by atoms with Gasteiger partial charge in [-0.15, -0.1) is 0 Å². The van der Waals surface area contributed by atoms with Gasteiger partial charge >= 0.3 is 0 Å². The summed E-state index contributed by atoms with van der Waals surface area (Å²) in [7, 11) is 1.90. The van der Waals surface area contributed by atoms with Gasteiger partial charge in [-0.05, 0) is 17.4 Å². The lowest BCUT2D eigenvalue weighted by Crippen LogP contribution is -2.37. The summed E-state index contributed by atoms with van der Waals surface area (Å²) in [6.07, 6.45) is 4.81. The minimum Gasteiger partial charge on any atom is -0.348 e. The van der Waals surface area contributed by atoms with E-state index in [0.29, 0.717) is 6.42 Å². The van der Waals surface area contributed by atoms with Crippen molar-refractivity contribution < 1.29 is 4.79 Å². The number of aromatic nitrogens is 2. The second kappa shape index (κ2) is 5.27. The summed E-state index contributed by atoms with van der Waals surface area (Å²) in [5.41, 5.74) is 2.51. The van der Waals surface area contributed by atoms with Crippen molar-refractivity contribution >= 4 is 5.91 Å². The van der Waals surface area contributed by atoms with Crippen LogP contribution in [0, 0.1) is 5.41 Å². The Balaban J connectivity index is 1.74. The number of amides is 1. The van der Waals surface area contributed by atoms with Crippen molar-refractivity contribution in [3.05, 3.63) is 54.1 Å². The van der Waals surface area contributed by atoms with Crippen LogP contribution in [0.15, 0.2) is 42.9 Å². The zero-order valence-electron chi connectivity index (χ0n) is 13.5. The highest BCUT2D eigenvalue weighted by molar-refractivity contribution is 5.78. The van der Waals surface area contributed by atoms with Crippen LogP contribution in [0.4, 0.5) is 0 Å². The van der Waals surface area contributed by atoms with Gasteiger partial charge in [0.25, 0.3) is 0 Å². The van der Waals surface area contributed by atoms with Crippen LogP contribution in [-0.2, 0) is 16.6 Å². The quantitative estimate of drug-likeness (QED) is 0.922. The largest absolute Gasteiger partial charge is 0.348 e. The molecule has 0 radical (unpaired) electrons. The smallest absolute Gasteiger partial charge is 0.228 e. The zero-order valence-corrected chi connectivity index (χ0v) is 13.5. The maximum atomic E-state index is 12.4. The molecule has 3 rings (SSSR count). The molecule has 1 heterocycles. The fourth-order valence-electron chi connectivity index (χ4n) is 3.49. The van der Waals surface area contributed by atoms with Crippen molar-refractivity contribution in [2.45, 2.75) is 32.1 Å². The molecule has 4 nitrogen and oxygen atoms in total. The molecule has 1 amide bonds. The first-order chi connectivity index (χ1) is 10.4. The number of aromatic amines is 1. The molecule has 1 aromatic carbocycles. The Hall–Kier alpha value is -2.10. The highest BCUT2D eigenvalue weighted by Gasteiger charge is 2.62. The van der Waals surface area contributed by atoms with Crippen molar-refractivity contribution in [1.82, 2.24) is 14.9 Å². The Morgan fingerprint density at radius 3 is 2.55 bits per heavy atom.